The lowest BCUT2D eigenvalue weighted by atomic mass is 10.0. The molecule has 0 saturated carbocycles. The van der Waals surface area contributed by atoms with Gasteiger partial charge in [-0.2, -0.15) is 4.31 Å². The summed E-state index contributed by atoms with van der Waals surface area (Å²) in [6, 6.07) is 26.1. The summed E-state index contributed by atoms with van der Waals surface area (Å²) in [4.78, 5) is 0.305. The third-order valence-electron chi connectivity index (χ3n) is 4.73. The van der Waals surface area contributed by atoms with Crippen LogP contribution in [0, 0.1) is 6.92 Å². The Bertz CT molecular complexity index is 997. The first-order chi connectivity index (χ1) is 13.5. The monoisotopic (exact) mass is 391 g/mol. The van der Waals surface area contributed by atoms with Gasteiger partial charge in [-0.3, -0.25) is 0 Å². The molecule has 1 atom stereocenters. The molecule has 0 spiro atoms. The van der Waals surface area contributed by atoms with E-state index in [0.29, 0.717) is 17.9 Å². The average molecular weight is 392 g/mol. The van der Waals surface area contributed by atoms with Gasteiger partial charge in [0.15, 0.2) is 0 Å². The number of sulfonamides is 1. The van der Waals surface area contributed by atoms with E-state index in [9.17, 15) is 8.42 Å². The fourth-order valence-corrected chi connectivity index (χ4v) is 4.84. The molecule has 0 amide bonds. The molecule has 3 nitrogen and oxygen atoms in total. The van der Waals surface area contributed by atoms with Crippen LogP contribution in [0.1, 0.15) is 29.2 Å². The predicted molar refractivity (Wildman–Crippen MR) is 114 cm³/mol. The molecule has 144 valence electrons. The lowest BCUT2D eigenvalue weighted by Gasteiger charge is -2.31. The van der Waals surface area contributed by atoms with E-state index < -0.39 is 10.0 Å². The Labute approximate surface area is 168 Å². The fourth-order valence-electron chi connectivity index (χ4n) is 3.22. The maximum absolute atomic E-state index is 13.6. The third-order valence-corrected chi connectivity index (χ3v) is 6.60. The van der Waals surface area contributed by atoms with Crippen molar-refractivity contribution in [2.45, 2.75) is 30.8 Å². The molecule has 0 aliphatic rings. The van der Waals surface area contributed by atoms with Crippen molar-refractivity contribution in [2.75, 3.05) is 0 Å². The molecule has 0 heterocycles. The first kappa shape index (κ1) is 20.1. The zero-order valence-corrected chi connectivity index (χ0v) is 16.8. The summed E-state index contributed by atoms with van der Waals surface area (Å²) in [6.45, 7) is 6.10. The van der Waals surface area contributed by atoms with Crippen LogP contribution in [0.4, 0.5) is 0 Å². The van der Waals surface area contributed by atoms with Gasteiger partial charge < -0.3 is 0 Å². The Kier molecular flexibility index (Phi) is 6.45. The van der Waals surface area contributed by atoms with Crippen molar-refractivity contribution < 1.29 is 8.42 Å². The van der Waals surface area contributed by atoms with Crippen LogP contribution in [-0.4, -0.2) is 12.7 Å². The molecule has 0 aliphatic heterocycles. The van der Waals surface area contributed by atoms with E-state index in [1.807, 2.05) is 79.7 Å². The van der Waals surface area contributed by atoms with Crippen LogP contribution < -0.4 is 0 Å². The van der Waals surface area contributed by atoms with Crippen molar-refractivity contribution in [1.82, 2.24) is 4.31 Å². The third kappa shape index (κ3) is 4.58. The first-order valence-electron chi connectivity index (χ1n) is 9.30. The Hall–Kier alpha value is -2.69. The molecule has 0 aliphatic carbocycles. The summed E-state index contributed by atoms with van der Waals surface area (Å²) < 4.78 is 28.8. The van der Waals surface area contributed by atoms with Crippen LogP contribution in [0.25, 0.3) is 0 Å². The molecule has 0 fully saturated rings. The number of nitrogens with zero attached hydrogens (tertiary/aromatic N) is 1. The van der Waals surface area contributed by atoms with Crippen LogP contribution in [-0.2, 0) is 16.6 Å². The number of hydrogen-bond acceptors (Lipinski definition) is 2. The minimum absolute atomic E-state index is 0.296. The van der Waals surface area contributed by atoms with E-state index >= 15 is 0 Å². The predicted octanol–water partition coefficient (Wildman–Crippen LogP) is 5.50. The van der Waals surface area contributed by atoms with E-state index in [0.717, 1.165) is 16.7 Å². The standard InChI is InChI=1S/C24H25NO2S/c1-3-10-24(22-13-8-5-9-14-22)25(19-21-11-6-4-7-12-21)28(26,27)23-17-15-20(2)16-18-23/h3-9,11-18,24H,1,10,19H2,2H3. The zero-order chi connectivity index (χ0) is 20.0. The number of benzene rings is 3. The highest BCUT2D eigenvalue weighted by Crippen LogP contribution is 2.32. The fraction of sp³-hybridized carbons (Fsp3) is 0.167. The molecule has 0 aromatic heterocycles. The minimum atomic E-state index is -3.70. The maximum atomic E-state index is 13.6. The van der Waals surface area contributed by atoms with Crippen molar-refractivity contribution in [2.24, 2.45) is 0 Å². The number of aryl methyl sites for hydroxylation is 1. The Morgan fingerprint density at radius 2 is 1.46 bits per heavy atom. The van der Waals surface area contributed by atoms with Gasteiger partial charge in [-0.05, 0) is 36.6 Å². The zero-order valence-electron chi connectivity index (χ0n) is 16.0. The van der Waals surface area contributed by atoms with Crippen LogP contribution in [0.3, 0.4) is 0 Å². The Morgan fingerprint density at radius 1 is 0.893 bits per heavy atom. The van der Waals surface area contributed by atoms with Gasteiger partial charge in [-0.15, -0.1) is 6.58 Å². The summed E-state index contributed by atoms with van der Waals surface area (Å²) in [5, 5.41) is 0. The van der Waals surface area contributed by atoms with Crippen LogP contribution >= 0.6 is 0 Å². The van der Waals surface area contributed by atoms with Crippen molar-refractivity contribution in [3.63, 3.8) is 0 Å². The molecule has 0 bridgehead atoms. The molecule has 0 saturated heterocycles. The van der Waals surface area contributed by atoms with Crippen LogP contribution in [0.15, 0.2) is 102 Å². The second-order valence-electron chi connectivity index (χ2n) is 6.80. The molecular weight excluding hydrogens is 366 g/mol. The topological polar surface area (TPSA) is 37.4 Å². The van der Waals surface area contributed by atoms with Gasteiger partial charge in [-0.25, -0.2) is 8.42 Å². The first-order valence-corrected chi connectivity index (χ1v) is 10.7. The van der Waals surface area contributed by atoms with Crippen LogP contribution in [0.5, 0.6) is 0 Å². The summed E-state index contributed by atoms with van der Waals surface area (Å²) in [5.74, 6) is 0. The maximum Gasteiger partial charge on any atom is 0.243 e. The highest BCUT2D eigenvalue weighted by Gasteiger charge is 2.32. The molecule has 3 aromatic rings. The number of hydrogen-bond donors (Lipinski definition) is 0. The van der Waals surface area contributed by atoms with Crippen molar-refractivity contribution in [3.8, 4) is 0 Å². The van der Waals surface area contributed by atoms with Crippen molar-refractivity contribution in [1.29, 1.82) is 0 Å². The SMILES string of the molecule is C=CCC(c1ccccc1)N(Cc1ccccc1)S(=O)(=O)c1ccc(C)cc1. The molecule has 0 radical (unpaired) electrons. The molecule has 0 N–H and O–H groups in total. The Balaban J connectivity index is 2.10. The highest BCUT2D eigenvalue weighted by molar-refractivity contribution is 7.89. The van der Waals surface area contributed by atoms with E-state index in [-0.39, 0.29) is 6.04 Å². The van der Waals surface area contributed by atoms with Crippen molar-refractivity contribution in [3.05, 3.63) is 114 Å². The molecule has 3 aromatic carbocycles. The van der Waals surface area contributed by atoms with E-state index in [1.165, 1.54) is 0 Å². The normalized spacial score (nSPS) is 12.6. The quantitative estimate of drug-likeness (QED) is 0.475. The van der Waals surface area contributed by atoms with Crippen LogP contribution in [0.2, 0.25) is 0 Å². The summed E-state index contributed by atoms with van der Waals surface area (Å²) in [6.07, 6.45) is 2.31. The molecule has 1 unspecified atom stereocenters. The van der Waals surface area contributed by atoms with Gasteiger partial charge in [-0.1, -0.05) is 84.4 Å². The summed E-state index contributed by atoms with van der Waals surface area (Å²) >= 11 is 0. The van der Waals surface area contributed by atoms with E-state index in [4.69, 9.17) is 0 Å². The highest BCUT2D eigenvalue weighted by atomic mass is 32.2. The average Bonchev–Trinajstić information content (AvgIpc) is 2.72. The minimum Gasteiger partial charge on any atom is -0.207 e. The second-order valence-corrected chi connectivity index (χ2v) is 8.69. The van der Waals surface area contributed by atoms with Gasteiger partial charge in [0.05, 0.1) is 10.9 Å². The van der Waals surface area contributed by atoms with Crippen molar-refractivity contribution >= 4 is 10.0 Å². The summed E-state index contributed by atoms with van der Waals surface area (Å²) in [5.41, 5.74) is 2.93. The molecule has 28 heavy (non-hydrogen) atoms. The lowest BCUT2D eigenvalue weighted by Crippen LogP contribution is -2.34. The van der Waals surface area contributed by atoms with Gasteiger partial charge in [0.25, 0.3) is 0 Å². The largest absolute Gasteiger partial charge is 0.243 e. The second kappa shape index (κ2) is 9.00. The van der Waals surface area contributed by atoms with Gasteiger partial charge in [0, 0.05) is 6.54 Å². The Morgan fingerprint density at radius 3 is 2.04 bits per heavy atom. The number of rotatable bonds is 8. The molecule has 4 heteroatoms. The van der Waals surface area contributed by atoms with Gasteiger partial charge in [0.1, 0.15) is 0 Å². The smallest absolute Gasteiger partial charge is 0.207 e. The van der Waals surface area contributed by atoms with E-state index in [1.54, 1.807) is 22.5 Å². The van der Waals surface area contributed by atoms with E-state index in [2.05, 4.69) is 6.58 Å². The molecule has 3 rings (SSSR count). The molecular formula is C24H25NO2S. The summed E-state index contributed by atoms with van der Waals surface area (Å²) in [7, 11) is -3.70. The van der Waals surface area contributed by atoms with Gasteiger partial charge >= 0.3 is 0 Å². The van der Waals surface area contributed by atoms with Gasteiger partial charge in [0.2, 0.25) is 10.0 Å². The lowest BCUT2D eigenvalue weighted by molar-refractivity contribution is 0.318.